The van der Waals surface area contributed by atoms with Crippen molar-refractivity contribution in [2.24, 2.45) is 0 Å². The standard InChI is InChI=1S/C5H4ClFN2O/c6-4-1-8-5(7)3(2-10)9-4/h1,10H,2H2. The van der Waals surface area contributed by atoms with Crippen LogP contribution in [0.2, 0.25) is 5.15 Å². The van der Waals surface area contributed by atoms with E-state index in [0.717, 1.165) is 6.20 Å². The summed E-state index contributed by atoms with van der Waals surface area (Å²) in [7, 11) is 0. The molecule has 0 aliphatic rings. The SMILES string of the molecule is OCc1nc(Cl)cnc1F. The summed E-state index contributed by atoms with van der Waals surface area (Å²) in [4.78, 5) is 6.70. The Morgan fingerprint density at radius 1 is 1.70 bits per heavy atom. The predicted molar refractivity (Wildman–Crippen MR) is 32.9 cm³/mol. The maximum Gasteiger partial charge on any atom is 0.237 e. The van der Waals surface area contributed by atoms with E-state index in [4.69, 9.17) is 16.7 Å². The predicted octanol–water partition coefficient (Wildman–Crippen LogP) is 0.761. The number of hydrogen-bond acceptors (Lipinski definition) is 3. The quantitative estimate of drug-likeness (QED) is 0.663. The van der Waals surface area contributed by atoms with Gasteiger partial charge in [-0.05, 0) is 0 Å². The first kappa shape index (κ1) is 7.37. The largest absolute Gasteiger partial charge is 0.390 e. The summed E-state index contributed by atoms with van der Waals surface area (Å²) >= 11 is 5.34. The molecule has 54 valence electrons. The third-order valence-corrected chi connectivity index (χ3v) is 1.10. The van der Waals surface area contributed by atoms with E-state index >= 15 is 0 Å². The number of aromatic nitrogens is 2. The smallest absolute Gasteiger partial charge is 0.237 e. The van der Waals surface area contributed by atoms with Gasteiger partial charge in [-0.2, -0.15) is 4.39 Å². The van der Waals surface area contributed by atoms with Crippen molar-refractivity contribution in [2.45, 2.75) is 6.61 Å². The lowest BCUT2D eigenvalue weighted by atomic mass is 10.5. The molecule has 0 saturated carbocycles. The zero-order valence-electron chi connectivity index (χ0n) is 4.88. The maximum absolute atomic E-state index is 12.4. The van der Waals surface area contributed by atoms with Crippen molar-refractivity contribution in [1.82, 2.24) is 9.97 Å². The Hall–Kier alpha value is -0.740. The van der Waals surface area contributed by atoms with Crippen molar-refractivity contribution in [1.29, 1.82) is 0 Å². The molecule has 0 atom stereocenters. The Morgan fingerprint density at radius 3 is 2.90 bits per heavy atom. The van der Waals surface area contributed by atoms with Gasteiger partial charge < -0.3 is 5.11 Å². The van der Waals surface area contributed by atoms with Crippen LogP contribution in [-0.4, -0.2) is 15.1 Å². The molecule has 0 aromatic carbocycles. The molecule has 0 aliphatic carbocycles. The Bertz CT molecular complexity index is 243. The second-order valence-electron chi connectivity index (χ2n) is 1.59. The van der Waals surface area contributed by atoms with Gasteiger partial charge in [0.25, 0.3) is 0 Å². The molecule has 1 rings (SSSR count). The Morgan fingerprint density at radius 2 is 2.40 bits per heavy atom. The highest BCUT2D eigenvalue weighted by Crippen LogP contribution is 2.05. The van der Waals surface area contributed by atoms with Crippen molar-refractivity contribution in [3.05, 3.63) is 23.0 Å². The molecule has 1 N–H and O–H groups in total. The molecular weight excluding hydrogens is 159 g/mol. The molecule has 1 heterocycles. The van der Waals surface area contributed by atoms with E-state index in [1.54, 1.807) is 0 Å². The number of rotatable bonds is 1. The van der Waals surface area contributed by atoms with Crippen LogP contribution in [-0.2, 0) is 6.61 Å². The summed E-state index contributed by atoms with van der Waals surface area (Å²) in [6.07, 6.45) is 1.08. The van der Waals surface area contributed by atoms with Crippen LogP contribution in [0.4, 0.5) is 4.39 Å². The molecule has 3 nitrogen and oxygen atoms in total. The minimum absolute atomic E-state index is 0.0745. The van der Waals surface area contributed by atoms with E-state index in [1.165, 1.54) is 0 Å². The molecule has 0 bridgehead atoms. The van der Waals surface area contributed by atoms with Crippen LogP contribution in [0.5, 0.6) is 0 Å². The number of aliphatic hydroxyl groups is 1. The lowest BCUT2D eigenvalue weighted by Crippen LogP contribution is -1.97. The molecular formula is C5H4ClFN2O. The average Bonchev–Trinajstić information content (AvgIpc) is 1.94. The molecule has 10 heavy (non-hydrogen) atoms. The molecule has 0 aliphatic heterocycles. The zero-order chi connectivity index (χ0) is 7.56. The van der Waals surface area contributed by atoms with Crippen LogP contribution >= 0.6 is 11.6 Å². The summed E-state index contributed by atoms with van der Waals surface area (Å²) in [5.74, 6) is -0.785. The molecule has 1 aromatic heterocycles. The van der Waals surface area contributed by atoms with E-state index in [1.807, 2.05) is 0 Å². The van der Waals surface area contributed by atoms with Crippen LogP contribution in [0.3, 0.4) is 0 Å². The second-order valence-corrected chi connectivity index (χ2v) is 1.98. The fraction of sp³-hybridized carbons (Fsp3) is 0.200. The molecule has 0 fully saturated rings. The van der Waals surface area contributed by atoms with Gasteiger partial charge in [0.2, 0.25) is 5.95 Å². The first-order valence-electron chi connectivity index (χ1n) is 2.52. The van der Waals surface area contributed by atoms with E-state index in [-0.39, 0.29) is 10.8 Å². The fourth-order valence-electron chi connectivity index (χ4n) is 0.489. The topological polar surface area (TPSA) is 46.0 Å². The maximum atomic E-state index is 12.4. The summed E-state index contributed by atoms with van der Waals surface area (Å²) in [6, 6.07) is 0. The third-order valence-electron chi connectivity index (χ3n) is 0.914. The van der Waals surface area contributed by atoms with Gasteiger partial charge in [-0.15, -0.1) is 0 Å². The minimum atomic E-state index is -0.785. The van der Waals surface area contributed by atoms with E-state index < -0.39 is 12.6 Å². The number of aliphatic hydroxyl groups excluding tert-OH is 1. The molecule has 0 saturated heterocycles. The highest BCUT2D eigenvalue weighted by molar-refractivity contribution is 6.29. The zero-order valence-corrected chi connectivity index (χ0v) is 5.64. The monoisotopic (exact) mass is 162 g/mol. The van der Waals surface area contributed by atoms with Gasteiger partial charge in [0.1, 0.15) is 10.8 Å². The van der Waals surface area contributed by atoms with Gasteiger partial charge >= 0.3 is 0 Å². The molecule has 5 heteroatoms. The van der Waals surface area contributed by atoms with Gasteiger partial charge in [-0.3, -0.25) is 0 Å². The fourth-order valence-corrected chi connectivity index (χ4v) is 0.640. The van der Waals surface area contributed by atoms with E-state index in [9.17, 15) is 4.39 Å². The highest BCUT2D eigenvalue weighted by atomic mass is 35.5. The molecule has 0 amide bonds. The van der Waals surface area contributed by atoms with E-state index in [2.05, 4.69) is 9.97 Å². The highest BCUT2D eigenvalue weighted by Gasteiger charge is 2.03. The summed E-state index contributed by atoms with van der Waals surface area (Å²) in [6.45, 7) is -0.487. The average molecular weight is 163 g/mol. The van der Waals surface area contributed by atoms with Crippen LogP contribution < -0.4 is 0 Å². The van der Waals surface area contributed by atoms with Gasteiger partial charge in [0, 0.05) is 0 Å². The van der Waals surface area contributed by atoms with Crippen LogP contribution in [0, 0.1) is 5.95 Å². The summed E-state index contributed by atoms with van der Waals surface area (Å²) < 4.78 is 12.4. The number of nitrogens with zero attached hydrogens (tertiary/aromatic N) is 2. The molecule has 1 aromatic rings. The Labute approximate surface area is 61.5 Å². The second kappa shape index (κ2) is 2.90. The number of hydrogen-bond donors (Lipinski definition) is 1. The normalized spacial score (nSPS) is 9.90. The van der Waals surface area contributed by atoms with Gasteiger partial charge in [0.05, 0.1) is 12.8 Å². The number of halogens is 2. The lowest BCUT2D eigenvalue weighted by molar-refractivity contribution is 0.268. The van der Waals surface area contributed by atoms with Crippen LogP contribution in [0.25, 0.3) is 0 Å². The van der Waals surface area contributed by atoms with Crippen LogP contribution in [0.1, 0.15) is 5.69 Å². The molecule has 0 radical (unpaired) electrons. The summed E-state index contributed by atoms with van der Waals surface area (Å²) in [5, 5.41) is 8.52. The summed E-state index contributed by atoms with van der Waals surface area (Å²) in [5.41, 5.74) is -0.132. The lowest BCUT2D eigenvalue weighted by Gasteiger charge is -1.95. The molecule has 0 spiro atoms. The van der Waals surface area contributed by atoms with Crippen molar-refractivity contribution in [3.63, 3.8) is 0 Å². The van der Waals surface area contributed by atoms with Gasteiger partial charge in [-0.25, -0.2) is 9.97 Å². The van der Waals surface area contributed by atoms with Crippen molar-refractivity contribution < 1.29 is 9.50 Å². The van der Waals surface area contributed by atoms with Crippen molar-refractivity contribution in [2.75, 3.05) is 0 Å². The third kappa shape index (κ3) is 1.40. The van der Waals surface area contributed by atoms with Crippen LogP contribution in [0.15, 0.2) is 6.20 Å². The van der Waals surface area contributed by atoms with Gasteiger partial charge in [-0.1, -0.05) is 11.6 Å². The minimum Gasteiger partial charge on any atom is -0.390 e. The first-order chi connectivity index (χ1) is 4.74. The molecule has 0 unspecified atom stereocenters. The Balaban J connectivity index is 3.09. The Kier molecular flexibility index (Phi) is 2.13. The van der Waals surface area contributed by atoms with Gasteiger partial charge in [0.15, 0.2) is 0 Å². The van der Waals surface area contributed by atoms with Crippen molar-refractivity contribution in [3.8, 4) is 0 Å². The van der Waals surface area contributed by atoms with E-state index in [0.29, 0.717) is 0 Å². The first-order valence-corrected chi connectivity index (χ1v) is 2.89. The van der Waals surface area contributed by atoms with Crippen molar-refractivity contribution >= 4 is 11.6 Å².